The van der Waals surface area contributed by atoms with Crippen LogP contribution in [0.2, 0.25) is 0 Å². The molecule has 1 aromatic rings. The van der Waals surface area contributed by atoms with E-state index in [1.807, 2.05) is 6.26 Å². The third-order valence-corrected chi connectivity index (χ3v) is 4.47. The Hall–Kier alpha value is -0.760. The molecule has 0 aromatic carbocycles. The van der Waals surface area contributed by atoms with E-state index in [1.165, 1.54) is 75.5 Å². The lowest BCUT2D eigenvalue weighted by molar-refractivity contribution is 0.407. The van der Waals surface area contributed by atoms with E-state index in [-0.39, 0.29) is 0 Å². The molecule has 0 amide bonds. The molecule has 0 bridgehead atoms. The first-order valence-electron chi connectivity index (χ1n) is 8.71. The van der Waals surface area contributed by atoms with E-state index in [0.29, 0.717) is 6.04 Å². The Morgan fingerprint density at radius 2 is 1.85 bits per heavy atom. The summed E-state index contributed by atoms with van der Waals surface area (Å²) in [4.78, 5) is 0. The van der Waals surface area contributed by atoms with Crippen LogP contribution in [-0.4, -0.2) is 6.54 Å². The molecule has 0 radical (unpaired) electrons. The Morgan fingerprint density at radius 3 is 2.65 bits per heavy atom. The summed E-state index contributed by atoms with van der Waals surface area (Å²) in [6.45, 7) is 3.44. The van der Waals surface area contributed by atoms with Crippen molar-refractivity contribution in [3.8, 4) is 0 Å². The van der Waals surface area contributed by atoms with Gasteiger partial charge in [0, 0.05) is 18.0 Å². The smallest absolute Gasteiger partial charge is 0.108 e. The van der Waals surface area contributed by atoms with E-state index < -0.39 is 0 Å². The summed E-state index contributed by atoms with van der Waals surface area (Å²) in [6.07, 6.45) is 16.7. The second kappa shape index (κ2) is 9.23. The van der Waals surface area contributed by atoms with Gasteiger partial charge in [-0.1, -0.05) is 51.9 Å². The van der Waals surface area contributed by atoms with Crippen molar-refractivity contribution < 1.29 is 4.42 Å². The molecule has 2 nitrogen and oxygen atoms in total. The maximum Gasteiger partial charge on any atom is 0.108 e. The number of hydrogen-bond acceptors (Lipinski definition) is 2. The Morgan fingerprint density at radius 1 is 1.10 bits per heavy atom. The molecule has 2 heteroatoms. The number of rotatable bonds is 10. The molecule has 0 saturated heterocycles. The van der Waals surface area contributed by atoms with Crippen LogP contribution in [0.4, 0.5) is 0 Å². The van der Waals surface area contributed by atoms with Gasteiger partial charge in [-0.15, -0.1) is 0 Å². The molecule has 114 valence electrons. The molecule has 1 unspecified atom stereocenters. The molecule has 1 heterocycles. The molecular weight excluding hydrogens is 246 g/mol. The van der Waals surface area contributed by atoms with E-state index in [9.17, 15) is 0 Å². The van der Waals surface area contributed by atoms with Crippen LogP contribution < -0.4 is 5.32 Å². The molecule has 1 aliphatic rings. The highest BCUT2D eigenvalue weighted by Gasteiger charge is 2.21. The lowest BCUT2D eigenvalue weighted by Crippen LogP contribution is -2.25. The predicted molar refractivity (Wildman–Crippen MR) is 85.0 cm³/mol. The number of hydrogen-bond donors (Lipinski definition) is 1. The van der Waals surface area contributed by atoms with Crippen LogP contribution in [0.5, 0.6) is 0 Å². The van der Waals surface area contributed by atoms with E-state index in [2.05, 4.69) is 18.3 Å². The van der Waals surface area contributed by atoms with Gasteiger partial charge in [0.1, 0.15) is 5.76 Å². The first-order valence-corrected chi connectivity index (χ1v) is 8.71. The van der Waals surface area contributed by atoms with Gasteiger partial charge in [-0.05, 0) is 31.9 Å². The Kier molecular flexibility index (Phi) is 7.21. The maximum absolute atomic E-state index is 5.54. The SMILES string of the molecule is CCCCCCCCCCNC1CCCc2occc21. The average molecular weight is 277 g/mol. The topological polar surface area (TPSA) is 25.2 Å². The lowest BCUT2D eigenvalue weighted by atomic mass is 9.93. The molecule has 1 aliphatic carbocycles. The zero-order chi connectivity index (χ0) is 14.0. The minimum Gasteiger partial charge on any atom is -0.469 e. The highest BCUT2D eigenvalue weighted by molar-refractivity contribution is 5.23. The number of nitrogens with one attached hydrogen (secondary N) is 1. The van der Waals surface area contributed by atoms with Gasteiger partial charge in [0.05, 0.1) is 6.26 Å². The number of fused-ring (bicyclic) bond motifs is 1. The van der Waals surface area contributed by atoms with Gasteiger partial charge in [-0.3, -0.25) is 0 Å². The fourth-order valence-electron chi connectivity index (χ4n) is 3.23. The number of furan rings is 1. The Balaban J connectivity index is 1.50. The second-order valence-corrected chi connectivity index (χ2v) is 6.17. The second-order valence-electron chi connectivity index (χ2n) is 6.17. The van der Waals surface area contributed by atoms with Crippen LogP contribution >= 0.6 is 0 Å². The van der Waals surface area contributed by atoms with Gasteiger partial charge in [0.25, 0.3) is 0 Å². The van der Waals surface area contributed by atoms with E-state index in [4.69, 9.17) is 4.42 Å². The summed E-state index contributed by atoms with van der Waals surface area (Å²) in [5.74, 6) is 1.21. The highest BCUT2D eigenvalue weighted by Crippen LogP contribution is 2.30. The Bertz CT molecular complexity index is 358. The number of aryl methyl sites for hydroxylation is 1. The summed E-state index contributed by atoms with van der Waals surface area (Å²) in [5.41, 5.74) is 1.41. The first-order chi connectivity index (χ1) is 9.92. The molecule has 1 aromatic heterocycles. The standard InChI is InChI=1S/C18H31NO/c1-2-3-4-5-6-7-8-9-14-19-17-11-10-12-18-16(17)13-15-20-18/h13,15,17,19H,2-12,14H2,1H3. The van der Waals surface area contributed by atoms with Crippen LogP contribution in [0.15, 0.2) is 16.7 Å². The molecule has 0 spiro atoms. The molecule has 1 N–H and O–H groups in total. The van der Waals surface area contributed by atoms with Crippen molar-refractivity contribution >= 4 is 0 Å². The van der Waals surface area contributed by atoms with Crippen molar-refractivity contribution in [2.75, 3.05) is 6.54 Å². The minimum absolute atomic E-state index is 0.544. The quantitative estimate of drug-likeness (QED) is 0.580. The van der Waals surface area contributed by atoms with Crippen LogP contribution in [0, 0.1) is 0 Å². The monoisotopic (exact) mass is 277 g/mol. The fourth-order valence-corrected chi connectivity index (χ4v) is 3.23. The van der Waals surface area contributed by atoms with Crippen LogP contribution in [0.1, 0.15) is 88.5 Å². The van der Waals surface area contributed by atoms with Crippen molar-refractivity contribution in [2.24, 2.45) is 0 Å². The minimum atomic E-state index is 0.544. The van der Waals surface area contributed by atoms with Gasteiger partial charge in [0.15, 0.2) is 0 Å². The maximum atomic E-state index is 5.54. The summed E-state index contributed by atoms with van der Waals surface area (Å²) in [6, 6.07) is 2.70. The zero-order valence-corrected chi connectivity index (χ0v) is 13.1. The summed E-state index contributed by atoms with van der Waals surface area (Å²) >= 11 is 0. The normalized spacial score (nSPS) is 18.1. The van der Waals surface area contributed by atoms with Crippen molar-refractivity contribution in [3.63, 3.8) is 0 Å². The fraction of sp³-hybridized carbons (Fsp3) is 0.778. The van der Waals surface area contributed by atoms with Gasteiger partial charge >= 0.3 is 0 Å². The van der Waals surface area contributed by atoms with Crippen molar-refractivity contribution in [1.29, 1.82) is 0 Å². The van der Waals surface area contributed by atoms with Crippen LogP contribution in [0.3, 0.4) is 0 Å². The Labute approximate surface area is 124 Å². The first kappa shape index (κ1) is 15.6. The van der Waals surface area contributed by atoms with E-state index in [1.54, 1.807) is 0 Å². The zero-order valence-electron chi connectivity index (χ0n) is 13.1. The van der Waals surface area contributed by atoms with E-state index >= 15 is 0 Å². The molecule has 20 heavy (non-hydrogen) atoms. The van der Waals surface area contributed by atoms with Crippen molar-refractivity contribution in [3.05, 3.63) is 23.7 Å². The van der Waals surface area contributed by atoms with Gasteiger partial charge < -0.3 is 9.73 Å². The largest absolute Gasteiger partial charge is 0.469 e. The molecular formula is C18H31NO. The van der Waals surface area contributed by atoms with Gasteiger partial charge in [0.2, 0.25) is 0 Å². The van der Waals surface area contributed by atoms with Crippen molar-refractivity contribution in [1.82, 2.24) is 5.32 Å². The van der Waals surface area contributed by atoms with E-state index in [0.717, 1.165) is 13.0 Å². The lowest BCUT2D eigenvalue weighted by Gasteiger charge is -2.22. The predicted octanol–water partition coefficient (Wildman–Crippen LogP) is 5.39. The summed E-state index contributed by atoms with van der Waals surface area (Å²) in [7, 11) is 0. The molecule has 0 fully saturated rings. The van der Waals surface area contributed by atoms with Crippen LogP contribution in [-0.2, 0) is 6.42 Å². The molecule has 0 saturated carbocycles. The number of unbranched alkanes of at least 4 members (excludes halogenated alkanes) is 7. The van der Waals surface area contributed by atoms with Crippen LogP contribution in [0.25, 0.3) is 0 Å². The molecule has 1 atom stereocenters. The highest BCUT2D eigenvalue weighted by atomic mass is 16.3. The van der Waals surface area contributed by atoms with Gasteiger partial charge in [-0.25, -0.2) is 0 Å². The summed E-state index contributed by atoms with van der Waals surface area (Å²) in [5, 5.41) is 3.72. The van der Waals surface area contributed by atoms with Crippen molar-refractivity contribution in [2.45, 2.75) is 83.6 Å². The third-order valence-electron chi connectivity index (χ3n) is 4.47. The van der Waals surface area contributed by atoms with Gasteiger partial charge in [-0.2, -0.15) is 0 Å². The third kappa shape index (κ3) is 4.97. The summed E-state index contributed by atoms with van der Waals surface area (Å²) < 4.78 is 5.54. The average Bonchev–Trinajstić information content (AvgIpc) is 2.95. The molecule has 2 rings (SSSR count). The molecule has 0 aliphatic heterocycles.